The van der Waals surface area contributed by atoms with Crippen LogP contribution in [0.1, 0.15) is 12.6 Å². The van der Waals surface area contributed by atoms with Crippen molar-refractivity contribution in [2.24, 2.45) is 0 Å². The number of hydrazine groups is 1. The molecule has 0 radical (unpaired) electrons. The summed E-state index contributed by atoms with van der Waals surface area (Å²) in [4.78, 5) is 7.15. The number of nitrogens with zero attached hydrogens (tertiary/aromatic N) is 1. The van der Waals surface area contributed by atoms with E-state index in [0.29, 0.717) is 0 Å². The Morgan fingerprint density at radius 1 is 1.04 bits per heavy atom. The first-order chi connectivity index (χ1) is 12.3. The van der Waals surface area contributed by atoms with Crippen molar-refractivity contribution in [1.29, 1.82) is 0 Å². The Morgan fingerprint density at radius 2 is 1.84 bits per heavy atom. The zero-order valence-corrected chi connectivity index (χ0v) is 15.0. The zero-order valence-electron chi connectivity index (χ0n) is 14.2. The van der Waals surface area contributed by atoms with Crippen molar-refractivity contribution in [2.75, 3.05) is 13.7 Å². The van der Waals surface area contributed by atoms with Crippen molar-refractivity contribution < 1.29 is 4.74 Å². The number of fused-ring (bicyclic) bond motifs is 1. The van der Waals surface area contributed by atoms with Gasteiger partial charge < -0.3 is 10.2 Å². The third kappa shape index (κ3) is 3.08. The molecule has 4 nitrogen and oxygen atoms in total. The Kier molecular flexibility index (Phi) is 4.34. The number of rotatable bonds is 4. The quantitative estimate of drug-likeness (QED) is 0.738. The van der Waals surface area contributed by atoms with E-state index in [1.54, 1.807) is 18.9 Å². The van der Waals surface area contributed by atoms with E-state index in [1.165, 1.54) is 10.5 Å². The van der Waals surface area contributed by atoms with E-state index in [9.17, 15) is 0 Å². The van der Waals surface area contributed by atoms with E-state index in [-0.39, 0.29) is 0 Å². The summed E-state index contributed by atoms with van der Waals surface area (Å²) in [7, 11) is 1.71. The van der Waals surface area contributed by atoms with Gasteiger partial charge in [0, 0.05) is 28.1 Å². The van der Waals surface area contributed by atoms with Crippen molar-refractivity contribution in [3.05, 3.63) is 66.0 Å². The van der Waals surface area contributed by atoms with Gasteiger partial charge in [-0.2, -0.15) is 0 Å². The first-order valence-corrected chi connectivity index (χ1v) is 8.97. The smallest absolute Gasteiger partial charge is 0.132 e. The molecule has 1 aliphatic rings. The first-order valence-electron chi connectivity index (χ1n) is 8.16. The van der Waals surface area contributed by atoms with Crippen LogP contribution < -0.4 is 15.6 Å². The molecule has 2 aromatic carbocycles. The maximum absolute atomic E-state index is 5.51. The van der Waals surface area contributed by atoms with Crippen LogP contribution in [0.3, 0.4) is 0 Å². The summed E-state index contributed by atoms with van der Waals surface area (Å²) in [6.45, 7) is 2.84. The summed E-state index contributed by atoms with van der Waals surface area (Å²) in [6.07, 6.45) is 0. The van der Waals surface area contributed by atoms with Crippen LogP contribution in [-0.4, -0.2) is 18.6 Å². The van der Waals surface area contributed by atoms with Crippen LogP contribution in [0.25, 0.3) is 16.5 Å². The van der Waals surface area contributed by atoms with E-state index >= 15 is 0 Å². The van der Waals surface area contributed by atoms with Gasteiger partial charge >= 0.3 is 0 Å². The SMILES string of the molecule is COc1ccccc1Sc1cc(C2=C(C)NNC2)nc2ccccc12. The van der Waals surface area contributed by atoms with Gasteiger partial charge in [-0.25, -0.2) is 10.4 Å². The lowest BCUT2D eigenvalue weighted by atomic mass is 10.1. The highest BCUT2D eigenvalue weighted by molar-refractivity contribution is 7.99. The van der Waals surface area contributed by atoms with Gasteiger partial charge in [-0.15, -0.1) is 0 Å². The van der Waals surface area contributed by atoms with Crippen LogP contribution in [0.2, 0.25) is 0 Å². The molecule has 2 N–H and O–H groups in total. The number of hydrogen-bond acceptors (Lipinski definition) is 5. The minimum Gasteiger partial charge on any atom is -0.496 e. The molecule has 0 saturated carbocycles. The van der Waals surface area contributed by atoms with Gasteiger partial charge in [0.15, 0.2) is 0 Å². The number of nitrogens with one attached hydrogen (secondary N) is 2. The molecular weight excluding hydrogens is 330 g/mol. The van der Waals surface area contributed by atoms with E-state index in [0.717, 1.165) is 39.5 Å². The molecule has 1 aromatic heterocycles. The number of pyridine rings is 1. The lowest BCUT2D eigenvalue weighted by Gasteiger charge is -2.12. The maximum atomic E-state index is 5.51. The van der Waals surface area contributed by atoms with Gasteiger partial charge in [0.1, 0.15) is 5.75 Å². The van der Waals surface area contributed by atoms with Crippen LogP contribution in [0.4, 0.5) is 0 Å². The molecule has 2 heterocycles. The summed E-state index contributed by atoms with van der Waals surface area (Å²) >= 11 is 1.71. The number of hydrogen-bond donors (Lipinski definition) is 2. The normalized spacial score (nSPS) is 14.0. The van der Waals surface area contributed by atoms with Crippen LogP contribution >= 0.6 is 11.8 Å². The molecule has 4 rings (SSSR count). The number of allylic oxidation sites excluding steroid dienone is 1. The van der Waals surface area contributed by atoms with Crippen molar-refractivity contribution in [2.45, 2.75) is 16.7 Å². The van der Waals surface area contributed by atoms with Gasteiger partial charge in [-0.3, -0.25) is 0 Å². The highest BCUT2D eigenvalue weighted by atomic mass is 32.2. The molecule has 0 unspecified atom stereocenters. The second kappa shape index (κ2) is 6.78. The Labute approximate surface area is 151 Å². The number of para-hydroxylation sites is 2. The highest BCUT2D eigenvalue weighted by Gasteiger charge is 2.16. The molecule has 5 heteroatoms. The van der Waals surface area contributed by atoms with Crippen molar-refractivity contribution >= 4 is 28.2 Å². The lowest BCUT2D eigenvalue weighted by Crippen LogP contribution is -2.22. The van der Waals surface area contributed by atoms with Gasteiger partial charge in [-0.05, 0) is 31.2 Å². The Balaban J connectivity index is 1.85. The number of methoxy groups -OCH3 is 1. The summed E-state index contributed by atoms with van der Waals surface area (Å²) in [5.74, 6) is 0.884. The molecule has 0 spiro atoms. The van der Waals surface area contributed by atoms with Gasteiger partial charge in [0.05, 0.1) is 23.2 Å². The fraction of sp³-hybridized carbons (Fsp3) is 0.150. The Bertz CT molecular complexity index is 968. The first kappa shape index (κ1) is 16.0. The van der Waals surface area contributed by atoms with Crippen LogP contribution in [0.5, 0.6) is 5.75 Å². The molecule has 0 fully saturated rings. The highest BCUT2D eigenvalue weighted by Crippen LogP contribution is 2.39. The average Bonchev–Trinajstić information content (AvgIpc) is 3.08. The second-order valence-electron chi connectivity index (χ2n) is 5.86. The summed E-state index contributed by atoms with van der Waals surface area (Å²) in [5.41, 5.74) is 10.7. The molecular formula is C20H19N3OS. The summed E-state index contributed by atoms with van der Waals surface area (Å²) < 4.78 is 5.51. The van der Waals surface area contributed by atoms with Gasteiger partial charge in [0.2, 0.25) is 0 Å². The number of ether oxygens (including phenoxy) is 1. The molecule has 3 aromatic rings. The van der Waals surface area contributed by atoms with E-state index in [2.05, 4.69) is 48.1 Å². The largest absolute Gasteiger partial charge is 0.496 e. The number of benzene rings is 2. The molecule has 0 atom stereocenters. The predicted octanol–water partition coefficient (Wildman–Crippen LogP) is 4.23. The third-order valence-electron chi connectivity index (χ3n) is 4.27. The Morgan fingerprint density at radius 3 is 2.64 bits per heavy atom. The maximum Gasteiger partial charge on any atom is 0.132 e. The molecule has 25 heavy (non-hydrogen) atoms. The summed E-state index contributed by atoms with van der Waals surface area (Å²) in [5, 5.41) is 1.15. The zero-order chi connectivity index (χ0) is 17.2. The van der Waals surface area contributed by atoms with E-state index < -0.39 is 0 Å². The van der Waals surface area contributed by atoms with Gasteiger partial charge in [0.25, 0.3) is 0 Å². The minimum absolute atomic E-state index is 0.774. The fourth-order valence-electron chi connectivity index (χ4n) is 2.96. The van der Waals surface area contributed by atoms with Gasteiger partial charge in [-0.1, -0.05) is 42.1 Å². The Hall–Kier alpha value is -2.50. The fourth-order valence-corrected chi connectivity index (χ4v) is 4.05. The van der Waals surface area contributed by atoms with Crippen molar-refractivity contribution in [3.63, 3.8) is 0 Å². The molecule has 0 amide bonds. The van der Waals surface area contributed by atoms with Crippen molar-refractivity contribution in [3.8, 4) is 5.75 Å². The second-order valence-corrected chi connectivity index (χ2v) is 6.94. The van der Waals surface area contributed by atoms with Crippen LogP contribution in [0.15, 0.2) is 70.1 Å². The third-order valence-corrected chi connectivity index (χ3v) is 5.38. The lowest BCUT2D eigenvalue weighted by molar-refractivity contribution is 0.405. The minimum atomic E-state index is 0.774. The topological polar surface area (TPSA) is 46.2 Å². The summed E-state index contributed by atoms with van der Waals surface area (Å²) in [6, 6.07) is 18.5. The van der Waals surface area contributed by atoms with Crippen molar-refractivity contribution in [1.82, 2.24) is 15.8 Å². The molecule has 1 aliphatic heterocycles. The van der Waals surface area contributed by atoms with Crippen LogP contribution in [-0.2, 0) is 0 Å². The predicted molar refractivity (Wildman–Crippen MR) is 103 cm³/mol. The monoisotopic (exact) mass is 349 g/mol. The van der Waals surface area contributed by atoms with E-state index in [1.807, 2.05) is 24.3 Å². The number of aromatic nitrogens is 1. The molecule has 126 valence electrons. The molecule has 0 aliphatic carbocycles. The average molecular weight is 349 g/mol. The molecule has 0 bridgehead atoms. The standard InChI is InChI=1S/C20H19N3OS/c1-13-15(12-21-23-13)17-11-20(14-7-3-4-8-16(14)22-17)25-19-10-6-5-9-18(19)24-2/h3-11,21,23H,12H2,1-2H3. The van der Waals surface area contributed by atoms with Crippen LogP contribution in [0, 0.1) is 0 Å². The van der Waals surface area contributed by atoms with E-state index in [4.69, 9.17) is 9.72 Å². The molecule has 0 saturated heterocycles.